The minimum atomic E-state index is -0.217. The molecular weight excluding hydrogens is 192 g/mol. The van der Waals surface area contributed by atoms with Crippen LogP contribution in [0.2, 0.25) is 0 Å². The molecular formula is C11H18N2O2. The van der Waals surface area contributed by atoms with E-state index in [2.05, 4.69) is 10.3 Å². The molecule has 4 heteroatoms. The Morgan fingerprint density at radius 1 is 1.47 bits per heavy atom. The molecule has 0 aliphatic carbocycles. The van der Waals surface area contributed by atoms with Crippen LogP contribution in [0.3, 0.4) is 0 Å². The van der Waals surface area contributed by atoms with Crippen molar-refractivity contribution in [3.8, 4) is 5.75 Å². The van der Waals surface area contributed by atoms with Crippen molar-refractivity contribution >= 4 is 0 Å². The number of aliphatic hydroxyl groups excluding tert-OH is 1. The molecule has 1 heterocycles. The van der Waals surface area contributed by atoms with E-state index in [1.54, 1.807) is 12.1 Å². The molecule has 4 nitrogen and oxygen atoms in total. The summed E-state index contributed by atoms with van der Waals surface area (Å²) in [6.45, 7) is 3.40. The lowest BCUT2D eigenvalue weighted by atomic mass is 10.2. The number of aliphatic hydroxyl groups is 1. The Bertz CT molecular complexity index is 274. The highest BCUT2D eigenvalue weighted by atomic mass is 16.3. The highest BCUT2D eigenvalue weighted by Gasteiger charge is 1.99. The van der Waals surface area contributed by atoms with Crippen LogP contribution < -0.4 is 5.32 Å². The van der Waals surface area contributed by atoms with Gasteiger partial charge in [0.05, 0.1) is 18.0 Å². The van der Waals surface area contributed by atoms with Gasteiger partial charge >= 0.3 is 0 Å². The Morgan fingerprint density at radius 3 is 2.87 bits per heavy atom. The number of aromatic hydroxyl groups is 1. The van der Waals surface area contributed by atoms with Crippen LogP contribution >= 0.6 is 0 Å². The summed E-state index contributed by atoms with van der Waals surface area (Å²) in [6, 6.07) is 3.39. The molecule has 0 aliphatic heterocycles. The van der Waals surface area contributed by atoms with Crippen molar-refractivity contribution < 1.29 is 10.2 Å². The van der Waals surface area contributed by atoms with Crippen molar-refractivity contribution in [2.45, 2.75) is 32.4 Å². The highest BCUT2D eigenvalue weighted by molar-refractivity contribution is 5.17. The first-order chi connectivity index (χ1) is 7.22. The summed E-state index contributed by atoms with van der Waals surface area (Å²) >= 11 is 0. The van der Waals surface area contributed by atoms with Gasteiger partial charge in [-0.3, -0.25) is 4.98 Å². The lowest BCUT2D eigenvalue weighted by Gasteiger charge is -2.08. The minimum Gasteiger partial charge on any atom is -0.506 e. The largest absolute Gasteiger partial charge is 0.506 e. The zero-order valence-corrected chi connectivity index (χ0v) is 8.98. The predicted molar refractivity (Wildman–Crippen MR) is 58.5 cm³/mol. The van der Waals surface area contributed by atoms with Crippen molar-refractivity contribution in [1.29, 1.82) is 0 Å². The molecule has 3 N–H and O–H groups in total. The third kappa shape index (κ3) is 4.76. The maximum absolute atomic E-state index is 9.30. The van der Waals surface area contributed by atoms with Crippen LogP contribution in [-0.2, 0) is 6.54 Å². The number of nitrogens with one attached hydrogen (secondary N) is 1. The molecule has 1 aromatic heterocycles. The summed E-state index contributed by atoms with van der Waals surface area (Å²) in [6.07, 6.45) is 2.76. The molecule has 1 aromatic rings. The van der Waals surface area contributed by atoms with Crippen LogP contribution in [0, 0.1) is 0 Å². The average Bonchev–Trinajstić information content (AvgIpc) is 2.26. The van der Waals surface area contributed by atoms with Crippen molar-refractivity contribution in [3.05, 3.63) is 24.0 Å². The molecule has 0 spiro atoms. The van der Waals surface area contributed by atoms with Crippen LogP contribution in [0.5, 0.6) is 5.75 Å². The number of hydrogen-bond donors (Lipinski definition) is 3. The lowest BCUT2D eigenvalue weighted by Crippen LogP contribution is -2.20. The van der Waals surface area contributed by atoms with Crippen LogP contribution in [0.25, 0.3) is 0 Å². The summed E-state index contributed by atoms with van der Waals surface area (Å²) in [4.78, 5) is 4.04. The minimum absolute atomic E-state index is 0.181. The fourth-order valence-corrected chi connectivity index (χ4v) is 1.21. The monoisotopic (exact) mass is 210 g/mol. The van der Waals surface area contributed by atoms with E-state index in [4.69, 9.17) is 5.11 Å². The standard InChI is InChI=1S/C11H18N2O2/c1-2-10(14)5-6-12-7-9-3-4-11(15)8-13-9/h3-4,8,10,12,14-15H,2,5-7H2,1H3. The SMILES string of the molecule is CCC(O)CCNCc1ccc(O)cn1. The van der Waals surface area contributed by atoms with E-state index in [9.17, 15) is 5.11 Å². The van der Waals surface area contributed by atoms with Gasteiger partial charge in [0.15, 0.2) is 0 Å². The molecule has 0 saturated heterocycles. The van der Waals surface area contributed by atoms with Crippen LogP contribution in [0.4, 0.5) is 0 Å². The van der Waals surface area contributed by atoms with Crippen LogP contribution in [0.15, 0.2) is 18.3 Å². The smallest absolute Gasteiger partial charge is 0.133 e. The molecule has 1 atom stereocenters. The van der Waals surface area contributed by atoms with Gasteiger partial charge in [-0.1, -0.05) is 6.92 Å². The molecule has 0 amide bonds. The maximum Gasteiger partial charge on any atom is 0.133 e. The molecule has 0 saturated carbocycles. The lowest BCUT2D eigenvalue weighted by molar-refractivity contribution is 0.159. The second kappa shape index (κ2) is 6.37. The number of nitrogens with zero attached hydrogens (tertiary/aromatic N) is 1. The van der Waals surface area contributed by atoms with Gasteiger partial charge in [-0.15, -0.1) is 0 Å². The van der Waals surface area contributed by atoms with E-state index in [1.807, 2.05) is 6.92 Å². The molecule has 15 heavy (non-hydrogen) atoms. The van der Waals surface area contributed by atoms with Gasteiger partial charge in [0.2, 0.25) is 0 Å². The fourth-order valence-electron chi connectivity index (χ4n) is 1.21. The summed E-state index contributed by atoms with van der Waals surface area (Å²) in [7, 11) is 0. The predicted octanol–water partition coefficient (Wildman–Crippen LogP) is 1.04. The topological polar surface area (TPSA) is 65.4 Å². The zero-order chi connectivity index (χ0) is 11.1. The van der Waals surface area contributed by atoms with Crippen molar-refractivity contribution in [3.63, 3.8) is 0 Å². The van der Waals surface area contributed by atoms with Gasteiger partial charge in [-0.2, -0.15) is 0 Å². The Labute approximate surface area is 90.0 Å². The first-order valence-corrected chi connectivity index (χ1v) is 5.25. The molecule has 0 aromatic carbocycles. The molecule has 84 valence electrons. The van der Waals surface area contributed by atoms with Gasteiger partial charge in [-0.25, -0.2) is 0 Å². The number of pyridine rings is 1. The fraction of sp³-hybridized carbons (Fsp3) is 0.545. The van der Waals surface area contributed by atoms with E-state index >= 15 is 0 Å². The maximum atomic E-state index is 9.30. The van der Waals surface area contributed by atoms with Crippen LogP contribution in [0.1, 0.15) is 25.5 Å². The Morgan fingerprint density at radius 2 is 2.27 bits per heavy atom. The van der Waals surface area contributed by atoms with E-state index in [0.29, 0.717) is 6.54 Å². The quantitative estimate of drug-likeness (QED) is 0.614. The summed E-state index contributed by atoms with van der Waals surface area (Å²) in [5, 5.41) is 21.5. The van der Waals surface area contributed by atoms with Crippen molar-refractivity contribution in [2.24, 2.45) is 0 Å². The van der Waals surface area contributed by atoms with Gasteiger partial charge in [0, 0.05) is 6.54 Å². The number of aromatic nitrogens is 1. The van der Waals surface area contributed by atoms with E-state index in [0.717, 1.165) is 25.1 Å². The van der Waals surface area contributed by atoms with E-state index in [1.165, 1.54) is 6.20 Å². The third-order valence-electron chi connectivity index (χ3n) is 2.24. The van der Waals surface area contributed by atoms with Crippen molar-refractivity contribution in [1.82, 2.24) is 10.3 Å². The second-order valence-corrected chi connectivity index (χ2v) is 3.54. The Balaban J connectivity index is 2.17. The van der Waals surface area contributed by atoms with Crippen molar-refractivity contribution in [2.75, 3.05) is 6.54 Å². The highest BCUT2D eigenvalue weighted by Crippen LogP contribution is 2.05. The first-order valence-electron chi connectivity index (χ1n) is 5.25. The summed E-state index contributed by atoms with van der Waals surface area (Å²) in [5.74, 6) is 0.181. The molecule has 0 fully saturated rings. The number of hydrogen-bond acceptors (Lipinski definition) is 4. The first kappa shape index (κ1) is 11.9. The molecule has 0 bridgehead atoms. The summed E-state index contributed by atoms with van der Waals surface area (Å²) in [5.41, 5.74) is 0.888. The molecule has 1 unspecified atom stereocenters. The Hall–Kier alpha value is -1.13. The van der Waals surface area contributed by atoms with Crippen LogP contribution in [-0.4, -0.2) is 27.8 Å². The third-order valence-corrected chi connectivity index (χ3v) is 2.24. The number of rotatable bonds is 6. The normalized spacial score (nSPS) is 12.7. The van der Waals surface area contributed by atoms with Gasteiger partial charge in [0.1, 0.15) is 5.75 Å². The zero-order valence-electron chi connectivity index (χ0n) is 8.98. The summed E-state index contributed by atoms with van der Waals surface area (Å²) < 4.78 is 0. The molecule has 1 rings (SSSR count). The van der Waals surface area contributed by atoms with E-state index in [-0.39, 0.29) is 11.9 Å². The Kier molecular flexibility index (Phi) is 5.07. The molecule has 0 aliphatic rings. The average molecular weight is 210 g/mol. The molecule has 0 radical (unpaired) electrons. The van der Waals surface area contributed by atoms with Gasteiger partial charge < -0.3 is 15.5 Å². The van der Waals surface area contributed by atoms with Gasteiger partial charge in [-0.05, 0) is 31.5 Å². The van der Waals surface area contributed by atoms with E-state index < -0.39 is 0 Å². The second-order valence-electron chi connectivity index (χ2n) is 3.54. The van der Waals surface area contributed by atoms with Gasteiger partial charge in [0.25, 0.3) is 0 Å².